The Kier molecular flexibility index (Phi) is 3.44. The minimum absolute atomic E-state index is 0.688. The lowest BCUT2D eigenvalue weighted by molar-refractivity contribution is 0.557. The van der Waals surface area contributed by atoms with Crippen LogP contribution in [-0.4, -0.2) is 12.6 Å². The molecule has 0 aliphatic carbocycles. The maximum absolute atomic E-state index is 3.80. The fraction of sp³-hybridized carbons (Fsp3) is 0.625. The van der Waals surface area contributed by atoms with Gasteiger partial charge in [0.25, 0.3) is 0 Å². The van der Waals surface area contributed by atoms with Gasteiger partial charge < -0.3 is 10.6 Å². The van der Waals surface area contributed by atoms with Gasteiger partial charge in [-0.2, -0.15) is 0 Å². The summed E-state index contributed by atoms with van der Waals surface area (Å²) in [6.45, 7) is 3.41. The highest BCUT2D eigenvalue weighted by atomic mass is 15.0. The Morgan fingerprint density at radius 3 is 2.83 bits per heavy atom. The van der Waals surface area contributed by atoms with Crippen LogP contribution in [0.15, 0.2) is 12.1 Å². The minimum Gasteiger partial charge on any atom is -0.383 e. The van der Waals surface area contributed by atoms with Crippen molar-refractivity contribution in [3.63, 3.8) is 0 Å². The van der Waals surface area contributed by atoms with E-state index in [2.05, 4.69) is 29.7 Å². The first-order chi connectivity index (χ1) is 8.88. The van der Waals surface area contributed by atoms with Gasteiger partial charge in [-0.25, -0.2) is 0 Å². The summed E-state index contributed by atoms with van der Waals surface area (Å²) in [7, 11) is 0. The van der Waals surface area contributed by atoms with E-state index in [0.717, 1.165) is 6.54 Å². The number of rotatable bonds is 3. The Morgan fingerprint density at radius 1 is 1.17 bits per heavy atom. The Morgan fingerprint density at radius 2 is 2.00 bits per heavy atom. The first-order valence-electron chi connectivity index (χ1n) is 7.53. The summed E-state index contributed by atoms with van der Waals surface area (Å²) in [6, 6.07) is 5.35. The van der Waals surface area contributed by atoms with Crippen LogP contribution >= 0.6 is 0 Å². The van der Waals surface area contributed by atoms with Crippen molar-refractivity contribution in [2.24, 2.45) is 0 Å². The molecule has 2 aliphatic rings. The Balaban J connectivity index is 1.84. The van der Waals surface area contributed by atoms with Gasteiger partial charge in [0, 0.05) is 12.6 Å². The smallest absolute Gasteiger partial charge is 0.0613 e. The molecule has 0 saturated carbocycles. The van der Waals surface area contributed by atoms with Crippen molar-refractivity contribution in [2.45, 2.75) is 57.9 Å². The highest BCUT2D eigenvalue weighted by molar-refractivity contribution is 5.77. The second kappa shape index (κ2) is 5.21. The molecule has 2 N–H and O–H groups in total. The van der Waals surface area contributed by atoms with Crippen molar-refractivity contribution in [1.29, 1.82) is 0 Å². The van der Waals surface area contributed by atoms with Crippen molar-refractivity contribution in [3.8, 4) is 0 Å². The quantitative estimate of drug-likeness (QED) is 0.841. The zero-order chi connectivity index (χ0) is 12.4. The molecule has 2 heteroatoms. The van der Waals surface area contributed by atoms with E-state index >= 15 is 0 Å². The summed E-state index contributed by atoms with van der Waals surface area (Å²) in [5.74, 6) is 0. The average molecular weight is 244 g/mol. The lowest BCUT2D eigenvalue weighted by atomic mass is 9.91. The van der Waals surface area contributed by atoms with Crippen molar-refractivity contribution in [3.05, 3.63) is 23.3 Å². The van der Waals surface area contributed by atoms with E-state index in [4.69, 9.17) is 0 Å². The van der Waals surface area contributed by atoms with E-state index in [1.54, 1.807) is 0 Å². The molecule has 0 saturated heterocycles. The molecule has 1 atom stereocenters. The van der Waals surface area contributed by atoms with Gasteiger partial charge in [-0.15, -0.1) is 0 Å². The average Bonchev–Trinajstić information content (AvgIpc) is 2.45. The SMILES string of the molecule is CCCC[C@@H]1CCc2ccc3c(c2N1)NCCC3. The first-order valence-corrected chi connectivity index (χ1v) is 7.53. The van der Waals surface area contributed by atoms with Crippen LogP contribution in [0.3, 0.4) is 0 Å². The lowest BCUT2D eigenvalue weighted by Crippen LogP contribution is -2.27. The number of unbranched alkanes of at least 4 members (excludes halogenated alkanes) is 1. The molecule has 0 radical (unpaired) electrons. The van der Waals surface area contributed by atoms with Crippen molar-refractivity contribution in [2.75, 3.05) is 17.2 Å². The maximum Gasteiger partial charge on any atom is 0.0613 e. The van der Waals surface area contributed by atoms with Crippen LogP contribution in [0.5, 0.6) is 0 Å². The molecule has 3 rings (SSSR count). The van der Waals surface area contributed by atoms with Crippen molar-refractivity contribution >= 4 is 11.4 Å². The van der Waals surface area contributed by atoms with Gasteiger partial charge in [0.2, 0.25) is 0 Å². The third kappa shape index (κ3) is 2.21. The van der Waals surface area contributed by atoms with Gasteiger partial charge in [-0.05, 0) is 43.2 Å². The molecule has 2 nitrogen and oxygen atoms in total. The first kappa shape index (κ1) is 11.9. The predicted octanol–water partition coefficient (Wildman–Crippen LogP) is 3.96. The molecule has 0 aromatic heterocycles. The van der Waals surface area contributed by atoms with Crippen LogP contribution in [0.2, 0.25) is 0 Å². The predicted molar refractivity (Wildman–Crippen MR) is 78.5 cm³/mol. The largest absolute Gasteiger partial charge is 0.383 e. The molecule has 2 heterocycles. The normalized spacial score (nSPS) is 21.5. The number of hydrogen-bond acceptors (Lipinski definition) is 2. The molecular weight excluding hydrogens is 220 g/mol. The topological polar surface area (TPSA) is 24.1 Å². The summed E-state index contributed by atoms with van der Waals surface area (Å²) in [5, 5.41) is 7.40. The van der Waals surface area contributed by atoms with E-state index in [0.29, 0.717) is 6.04 Å². The fourth-order valence-electron chi connectivity index (χ4n) is 3.24. The van der Waals surface area contributed by atoms with Gasteiger partial charge in [-0.3, -0.25) is 0 Å². The summed E-state index contributed by atoms with van der Waals surface area (Å²) < 4.78 is 0. The minimum atomic E-state index is 0.688. The zero-order valence-electron chi connectivity index (χ0n) is 11.4. The molecule has 1 aromatic rings. The Hall–Kier alpha value is -1.18. The number of hydrogen-bond donors (Lipinski definition) is 2. The second-order valence-corrected chi connectivity index (χ2v) is 5.69. The standard InChI is InChI=1S/C16H24N2/c1-2-3-6-14-10-9-13-8-7-12-5-4-11-17-15(12)16(13)18-14/h7-8,14,17-18H,2-6,9-11H2,1H3/t14-/m1/s1. The molecule has 2 aliphatic heterocycles. The van der Waals surface area contributed by atoms with Crippen LogP contribution in [0.25, 0.3) is 0 Å². The summed E-state index contributed by atoms with van der Waals surface area (Å²) in [5.41, 5.74) is 5.83. The molecule has 0 amide bonds. The van der Waals surface area contributed by atoms with Crippen LogP contribution < -0.4 is 10.6 Å². The van der Waals surface area contributed by atoms with Gasteiger partial charge in [0.1, 0.15) is 0 Å². The van der Waals surface area contributed by atoms with Crippen molar-refractivity contribution in [1.82, 2.24) is 0 Å². The molecule has 1 aromatic carbocycles. The Labute approximate surface area is 110 Å². The summed E-state index contributed by atoms with van der Waals surface area (Å²) in [4.78, 5) is 0. The maximum atomic E-state index is 3.80. The number of aryl methyl sites for hydroxylation is 2. The van der Waals surface area contributed by atoms with Crippen LogP contribution in [0, 0.1) is 0 Å². The van der Waals surface area contributed by atoms with Gasteiger partial charge in [-0.1, -0.05) is 31.9 Å². The summed E-state index contributed by atoms with van der Waals surface area (Å²) >= 11 is 0. The van der Waals surface area contributed by atoms with E-state index in [1.165, 1.54) is 67.4 Å². The fourth-order valence-corrected chi connectivity index (χ4v) is 3.24. The monoisotopic (exact) mass is 244 g/mol. The third-order valence-electron chi connectivity index (χ3n) is 4.32. The molecule has 0 spiro atoms. The number of benzene rings is 1. The lowest BCUT2D eigenvalue weighted by Gasteiger charge is -2.32. The third-order valence-corrected chi connectivity index (χ3v) is 4.32. The molecular formula is C16H24N2. The highest BCUT2D eigenvalue weighted by Gasteiger charge is 2.22. The molecule has 0 unspecified atom stereocenters. The van der Waals surface area contributed by atoms with Crippen LogP contribution in [-0.2, 0) is 12.8 Å². The van der Waals surface area contributed by atoms with Gasteiger partial charge >= 0.3 is 0 Å². The van der Waals surface area contributed by atoms with E-state index in [-0.39, 0.29) is 0 Å². The zero-order valence-corrected chi connectivity index (χ0v) is 11.4. The number of nitrogens with one attached hydrogen (secondary N) is 2. The molecule has 0 bridgehead atoms. The van der Waals surface area contributed by atoms with Crippen LogP contribution in [0.1, 0.15) is 50.2 Å². The second-order valence-electron chi connectivity index (χ2n) is 5.69. The van der Waals surface area contributed by atoms with Gasteiger partial charge in [0.15, 0.2) is 0 Å². The summed E-state index contributed by atoms with van der Waals surface area (Å²) in [6.07, 6.45) is 9.00. The number of anilines is 2. The highest BCUT2D eigenvalue weighted by Crippen LogP contribution is 2.37. The van der Waals surface area contributed by atoms with Crippen molar-refractivity contribution < 1.29 is 0 Å². The van der Waals surface area contributed by atoms with E-state index in [9.17, 15) is 0 Å². The Bertz CT molecular complexity index is 425. The number of fused-ring (bicyclic) bond motifs is 3. The van der Waals surface area contributed by atoms with Gasteiger partial charge in [0.05, 0.1) is 11.4 Å². The van der Waals surface area contributed by atoms with E-state index < -0.39 is 0 Å². The van der Waals surface area contributed by atoms with E-state index in [1.807, 2.05) is 0 Å². The molecule has 0 fully saturated rings. The molecule has 98 valence electrons. The molecule has 18 heavy (non-hydrogen) atoms. The van der Waals surface area contributed by atoms with Crippen LogP contribution in [0.4, 0.5) is 11.4 Å².